The summed E-state index contributed by atoms with van der Waals surface area (Å²) in [6.07, 6.45) is 6.10. The molecule has 5 fully saturated rings. The van der Waals surface area contributed by atoms with E-state index in [4.69, 9.17) is 14.2 Å². The van der Waals surface area contributed by atoms with Crippen LogP contribution in [0.15, 0.2) is 24.3 Å². The predicted octanol–water partition coefficient (Wildman–Crippen LogP) is 5.19. The molecule has 0 amide bonds. The van der Waals surface area contributed by atoms with Crippen LogP contribution < -0.4 is 4.74 Å². The van der Waals surface area contributed by atoms with Crippen molar-refractivity contribution < 1.29 is 24.4 Å². The van der Waals surface area contributed by atoms with E-state index in [1.165, 1.54) is 5.56 Å². The first-order chi connectivity index (χ1) is 17.5. The third-order valence-electron chi connectivity index (χ3n) is 11.7. The van der Waals surface area contributed by atoms with Gasteiger partial charge in [0.1, 0.15) is 22.6 Å². The molecule has 0 aromatic heterocycles. The molecule has 5 nitrogen and oxygen atoms in total. The van der Waals surface area contributed by atoms with Crippen LogP contribution in [-0.4, -0.2) is 46.0 Å². The van der Waals surface area contributed by atoms with E-state index >= 15 is 0 Å². The molecule has 2 N–H and O–H groups in total. The van der Waals surface area contributed by atoms with Gasteiger partial charge in [-0.1, -0.05) is 44.9 Å². The fraction of sp³-hybridized carbons (Fsp3) is 0.750. The molecular formula is C32H42O5. The summed E-state index contributed by atoms with van der Waals surface area (Å²) in [7, 11) is 0. The largest absolute Gasteiger partial charge is 0.484 e. The van der Waals surface area contributed by atoms with Gasteiger partial charge in [0.2, 0.25) is 0 Å². The summed E-state index contributed by atoms with van der Waals surface area (Å²) in [5.74, 6) is 7.64. The van der Waals surface area contributed by atoms with Crippen LogP contribution in [0.5, 0.6) is 5.75 Å². The highest BCUT2D eigenvalue weighted by Gasteiger charge is 2.75. The second-order valence-corrected chi connectivity index (χ2v) is 14.2. The monoisotopic (exact) mass is 506 g/mol. The van der Waals surface area contributed by atoms with Crippen LogP contribution in [0.3, 0.4) is 0 Å². The van der Waals surface area contributed by atoms with E-state index in [0.29, 0.717) is 37.9 Å². The average Bonchev–Trinajstić information content (AvgIpc) is 3.12. The van der Waals surface area contributed by atoms with E-state index in [1.807, 2.05) is 13.0 Å². The van der Waals surface area contributed by atoms with Gasteiger partial charge in [-0.05, 0) is 74.8 Å². The lowest BCUT2D eigenvalue weighted by molar-refractivity contribution is -0.364. The maximum absolute atomic E-state index is 12.6. The van der Waals surface area contributed by atoms with Gasteiger partial charge in [0.25, 0.3) is 0 Å². The Balaban J connectivity index is 1.33. The Morgan fingerprint density at radius 3 is 2.46 bits per heavy atom. The molecule has 2 aliphatic heterocycles. The molecule has 2 heterocycles. The Morgan fingerprint density at radius 2 is 1.70 bits per heavy atom. The first-order valence-corrected chi connectivity index (χ1v) is 14.4. The van der Waals surface area contributed by atoms with Crippen molar-refractivity contribution in [2.24, 2.45) is 28.6 Å². The first kappa shape index (κ1) is 24.5. The average molecular weight is 507 g/mol. The first-order valence-electron chi connectivity index (χ1n) is 14.4. The van der Waals surface area contributed by atoms with E-state index in [9.17, 15) is 10.2 Å². The Labute approximate surface area is 221 Å². The fourth-order valence-electron chi connectivity index (χ4n) is 9.93. The number of aliphatic hydroxyl groups is 2. The van der Waals surface area contributed by atoms with Crippen molar-refractivity contribution in [2.75, 3.05) is 13.2 Å². The van der Waals surface area contributed by atoms with Gasteiger partial charge < -0.3 is 24.4 Å². The molecule has 37 heavy (non-hydrogen) atoms. The molecule has 1 aromatic rings. The number of para-hydroxylation sites is 1. The van der Waals surface area contributed by atoms with Crippen molar-refractivity contribution in [3.63, 3.8) is 0 Å². The molecule has 2 spiro atoms. The third-order valence-corrected chi connectivity index (χ3v) is 11.7. The smallest absolute Gasteiger partial charge is 0.171 e. The standard InChI is InChI=1S/C32H42O5/c1-5-12-29(33)14-11-24-22-10-13-30(34)18-31(35-19-27(2,3)20-36-31)15-16-32(30)26(22)23(17-28(24,29)4)21-8-6-7-9-25(21)37-32/h6-9,22-24,26,33-34H,10-11,13-20H2,1-4H3/t22-,23+,24-,26+,28-,29-,30+,32-/m0/s1. The van der Waals surface area contributed by atoms with Gasteiger partial charge >= 0.3 is 0 Å². The van der Waals surface area contributed by atoms with Crippen LogP contribution in [0.2, 0.25) is 0 Å². The van der Waals surface area contributed by atoms with E-state index < -0.39 is 22.6 Å². The van der Waals surface area contributed by atoms with Gasteiger partial charge in [0.15, 0.2) is 5.79 Å². The molecule has 7 rings (SSSR count). The predicted molar refractivity (Wildman–Crippen MR) is 140 cm³/mol. The maximum Gasteiger partial charge on any atom is 0.171 e. The lowest BCUT2D eigenvalue weighted by Crippen LogP contribution is -2.76. The number of hydrogen-bond donors (Lipinski definition) is 2. The minimum Gasteiger partial charge on any atom is -0.484 e. The summed E-state index contributed by atoms with van der Waals surface area (Å²) in [4.78, 5) is 0. The Bertz CT molecular complexity index is 1170. The number of ether oxygens (including phenoxy) is 3. The van der Waals surface area contributed by atoms with Crippen LogP contribution in [0.25, 0.3) is 0 Å². The highest BCUT2D eigenvalue weighted by molar-refractivity contribution is 5.44. The topological polar surface area (TPSA) is 68.2 Å². The van der Waals surface area contributed by atoms with E-state index in [-0.39, 0.29) is 22.7 Å². The number of benzene rings is 1. The van der Waals surface area contributed by atoms with Gasteiger partial charge in [-0.3, -0.25) is 0 Å². The lowest BCUT2D eigenvalue weighted by Gasteiger charge is -2.69. The second-order valence-electron chi connectivity index (χ2n) is 14.2. The molecule has 200 valence electrons. The van der Waals surface area contributed by atoms with E-state index in [0.717, 1.165) is 44.3 Å². The maximum atomic E-state index is 12.6. The second kappa shape index (κ2) is 7.54. The SMILES string of the molecule is CC#C[C@]1(O)CC[C@H]2[C@@H]3CC[C@@]4(O)CC5(CC[C@@]46Oc4ccccc4[C@@H](C[C@@]21C)[C@@H]36)OCC(C)(C)CO5. The van der Waals surface area contributed by atoms with Crippen LogP contribution >= 0.6 is 0 Å². The van der Waals surface area contributed by atoms with E-state index in [1.54, 1.807) is 0 Å². The zero-order valence-electron chi connectivity index (χ0n) is 22.8. The molecule has 0 radical (unpaired) electrons. The molecular weight excluding hydrogens is 464 g/mol. The fourth-order valence-corrected chi connectivity index (χ4v) is 9.93. The number of hydrogen-bond acceptors (Lipinski definition) is 5. The zero-order valence-corrected chi connectivity index (χ0v) is 22.8. The van der Waals surface area contributed by atoms with Crippen LogP contribution in [0.4, 0.5) is 0 Å². The molecule has 6 aliphatic rings. The summed E-state index contributed by atoms with van der Waals surface area (Å²) in [5, 5.41) is 24.5. The minimum atomic E-state index is -1.02. The normalized spacial score (nSPS) is 48.4. The highest BCUT2D eigenvalue weighted by Crippen LogP contribution is 2.73. The minimum absolute atomic E-state index is 0.0134. The van der Waals surface area contributed by atoms with Crippen molar-refractivity contribution in [3.05, 3.63) is 29.8 Å². The highest BCUT2D eigenvalue weighted by atomic mass is 16.7. The summed E-state index contributed by atoms with van der Waals surface area (Å²) in [6.45, 7) is 9.76. The molecule has 8 atom stereocenters. The van der Waals surface area contributed by atoms with Crippen LogP contribution in [-0.2, 0) is 9.47 Å². The van der Waals surface area contributed by atoms with Crippen molar-refractivity contribution in [1.29, 1.82) is 0 Å². The van der Waals surface area contributed by atoms with Crippen molar-refractivity contribution in [3.8, 4) is 17.6 Å². The molecule has 1 saturated heterocycles. The summed E-state index contributed by atoms with van der Waals surface area (Å²) >= 11 is 0. The summed E-state index contributed by atoms with van der Waals surface area (Å²) < 4.78 is 19.9. The van der Waals surface area contributed by atoms with Gasteiger partial charge in [-0.2, -0.15) is 0 Å². The van der Waals surface area contributed by atoms with Crippen molar-refractivity contribution in [2.45, 2.75) is 108 Å². The zero-order chi connectivity index (χ0) is 25.9. The molecule has 4 aliphatic carbocycles. The molecule has 5 heteroatoms. The molecule has 0 unspecified atom stereocenters. The lowest BCUT2D eigenvalue weighted by atomic mass is 9.42. The Morgan fingerprint density at radius 1 is 0.946 bits per heavy atom. The van der Waals surface area contributed by atoms with Crippen LogP contribution in [0.1, 0.15) is 90.5 Å². The molecule has 1 aromatic carbocycles. The van der Waals surface area contributed by atoms with Crippen LogP contribution in [0, 0.1) is 40.4 Å². The Kier molecular flexibility index (Phi) is 4.98. The third kappa shape index (κ3) is 3.08. The Hall–Kier alpha value is -1.58. The van der Waals surface area contributed by atoms with Gasteiger partial charge in [0.05, 0.1) is 13.2 Å². The number of fused-ring (bicyclic) bond motifs is 4. The number of rotatable bonds is 0. The van der Waals surface area contributed by atoms with Crippen molar-refractivity contribution in [1.82, 2.24) is 0 Å². The summed E-state index contributed by atoms with van der Waals surface area (Å²) in [5.41, 5.74) is -1.71. The van der Waals surface area contributed by atoms with Gasteiger partial charge in [0, 0.05) is 29.6 Å². The van der Waals surface area contributed by atoms with Gasteiger partial charge in [-0.25, -0.2) is 0 Å². The van der Waals surface area contributed by atoms with Gasteiger partial charge in [-0.15, -0.1) is 5.92 Å². The van der Waals surface area contributed by atoms with E-state index in [2.05, 4.69) is 50.8 Å². The summed E-state index contributed by atoms with van der Waals surface area (Å²) in [6, 6.07) is 8.43. The molecule has 4 saturated carbocycles. The molecule has 0 bridgehead atoms. The quantitative estimate of drug-likeness (QED) is 0.474. The van der Waals surface area contributed by atoms with Crippen molar-refractivity contribution >= 4 is 0 Å².